The number of amides is 1. The number of aryl methyl sites for hydroxylation is 2. The highest BCUT2D eigenvalue weighted by Crippen LogP contribution is 2.15. The number of pyridine rings is 1. The smallest absolute Gasteiger partial charge is 0.255 e. The number of nitrogens with one attached hydrogen (secondary N) is 2. The minimum atomic E-state index is -0.194. The van der Waals surface area contributed by atoms with E-state index < -0.39 is 0 Å². The van der Waals surface area contributed by atoms with Gasteiger partial charge in [-0.3, -0.25) is 14.5 Å². The van der Waals surface area contributed by atoms with E-state index in [1.165, 1.54) is 0 Å². The summed E-state index contributed by atoms with van der Waals surface area (Å²) in [7, 11) is 1.78. The Bertz CT molecular complexity index is 607. The van der Waals surface area contributed by atoms with Crippen LogP contribution in [0.25, 0.3) is 0 Å². The fraction of sp³-hybridized carbons (Fsp3) is 0.385. The van der Waals surface area contributed by atoms with Crippen LogP contribution in [0.15, 0.2) is 18.6 Å². The molecule has 2 rings (SSSR count). The van der Waals surface area contributed by atoms with Crippen molar-refractivity contribution in [1.82, 2.24) is 25.1 Å². The molecule has 2 aromatic rings. The van der Waals surface area contributed by atoms with Gasteiger partial charge in [0, 0.05) is 25.5 Å². The van der Waals surface area contributed by atoms with Crippen molar-refractivity contribution in [3.05, 3.63) is 35.7 Å². The third-order valence-electron chi connectivity index (χ3n) is 2.71. The van der Waals surface area contributed by atoms with Gasteiger partial charge in [0.05, 0.1) is 17.8 Å². The zero-order valence-electron chi connectivity index (χ0n) is 11.8. The average molecular weight is 274 g/mol. The van der Waals surface area contributed by atoms with Crippen molar-refractivity contribution in [3.63, 3.8) is 0 Å². The number of rotatable bonds is 5. The molecule has 0 saturated carbocycles. The lowest BCUT2D eigenvalue weighted by Gasteiger charge is -2.10. The Labute approximate surface area is 117 Å². The molecule has 106 valence electrons. The van der Waals surface area contributed by atoms with E-state index in [1.807, 2.05) is 19.9 Å². The molecule has 7 heteroatoms. The Hall–Kier alpha value is -2.44. The van der Waals surface area contributed by atoms with Crippen LogP contribution >= 0.6 is 0 Å². The highest BCUT2D eigenvalue weighted by atomic mass is 16.1. The number of hydrogen-bond donors (Lipinski definition) is 2. The fourth-order valence-corrected chi connectivity index (χ4v) is 1.80. The third kappa shape index (κ3) is 3.31. The average Bonchev–Trinajstić information content (AvgIpc) is 2.82. The van der Waals surface area contributed by atoms with E-state index in [0.717, 1.165) is 17.9 Å². The second-order valence-electron chi connectivity index (χ2n) is 4.42. The van der Waals surface area contributed by atoms with E-state index in [-0.39, 0.29) is 5.91 Å². The maximum atomic E-state index is 12.2. The number of hydrogen-bond acceptors (Lipinski definition) is 5. The van der Waals surface area contributed by atoms with Crippen LogP contribution in [0.5, 0.6) is 0 Å². The van der Waals surface area contributed by atoms with Gasteiger partial charge in [-0.15, -0.1) is 0 Å². The Kier molecular flexibility index (Phi) is 4.29. The number of carbonyl (C=O) groups excluding carboxylic acids is 1. The molecule has 0 aromatic carbocycles. The van der Waals surface area contributed by atoms with Crippen molar-refractivity contribution >= 4 is 11.6 Å². The molecule has 0 unspecified atom stereocenters. The zero-order valence-corrected chi connectivity index (χ0v) is 11.8. The van der Waals surface area contributed by atoms with Crippen LogP contribution < -0.4 is 10.6 Å². The molecule has 2 heterocycles. The van der Waals surface area contributed by atoms with E-state index in [1.54, 1.807) is 24.3 Å². The van der Waals surface area contributed by atoms with Crippen LogP contribution in [0.4, 0.5) is 5.69 Å². The van der Waals surface area contributed by atoms with Crippen LogP contribution in [0.2, 0.25) is 0 Å². The fourth-order valence-electron chi connectivity index (χ4n) is 1.80. The molecule has 7 nitrogen and oxygen atoms in total. The van der Waals surface area contributed by atoms with E-state index in [9.17, 15) is 4.79 Å². The van der Waals surface area contributed by atoms with Crippen molar-refractivity contribution in [2.24, 2.45) is 7.05 Å². The Balaban J connectivity index is 2.08. The van der Waals surface area contributed by atoms with Gasteiger partial charge in [-0.05, 0) is 19.9 Å². The molecule has 0 saturated heterocycles. The molecule has 1 amide bonds. The summed E-state index contributed by atoms with van der Waals surface area (Å²) in [5, 5.41) is 10.1. The molecule has 0 bridgehead atoms. The van der Waals surface area contributed by atoms with Crippen molar-refractivity contribution in [2.75, 3.05) is 11.9 Å². The van der Waals surface area contributed by atoms with Gasteiger partial charge in [0.2, 0.25) is 0 Å². The summed E-state index contributed by atoms with van der Waals surface area (Å²) >= 11 is 0. The minimum Gasteiger partial charge on any atom is -0.385 e. The van der Waals surface area contributed by atoms with E-state index in [0.29, 0.717) is 17.9 Å². The lowest BCUT2D eigenvalue weighted by atomic mass is 10.2. The quantitative estimate of drug-likeness (QED) is 0.845. The molecular formula is C13H18N6O. The van der Waals surface area contributed by atoms with Gasteiger partial charge >= 0.3 is 0 Å². The summed E-state index contributed by atoms with van der Waals surface area (Å²) in [5.41, 5.74) is 2.17. The number of aromatic nitrogens is 4. The molecule has 0 spiro atoms. The van der Waals surface area contributed by atoms with Crippen LogP contribution in [-0.4, -0.2) is 32.2 Å². The Morgan fingerprint density at radius 1 is 1.40 bits per heavy atom. The summed E-state index contributed by atoms with van der Waals surface area (Å²) in [4.78, 5) is 20.4. The highest BCUT2D eigenvalue weighted by Gasteiger charge is 2.12. The van der Waals surface area contributed by atoms with Gasteiger partial charge in [0.15, 0.2) is 5.82 Å². The summed E-state index contributed by atoms with van der Waals surface area (Å²) in [6.07, 6.45) is 3.17. The first-order chi connectivity index (χ1) is 9.60. The zero-order chi connectivity index (χ0) is 14.5. The van der Waals surface area contributed by atoms with Gasteiger partial charge in [-0.25, -0.2) is 4.98 Å². The van der Waals surface area contributed by atoms with Crippen molar-refractivity contribution in [3.8, 4) is 0 Å². The predicted octanol–water partition coefficient (Wildman–Crippen LogP) is 0.880. The van der Waals surface area contributed by atoms with Crippen LogP contribution in [0.3, 0.4) is 0 Å². The molecular weight excluding hydrogens is 256 g/mol. The highest BCUT2D eigenvalue weighted by molar-refractivity contribution is 5.99. The van der Waals surface area contributed by atoms with E-state index in [2.05, 4.69) is 25.7 Å². The van der Waals surface area contributed by atoms with Crippen molar-refractivity contribution in [1.29, 1.82) is 0 Å². The van der Waals surface area contributed by atoms with Gasteiger partial charge in [0.25, 0.3) is 5.91 Å². The summed E-state index contributed by atoms with van der Waals surface area (Å²) in [5.74, 6) is 0.381. The van der Waals surface area contributed by atoms with E-state index in [4.69, 9.17) is 0 Å². The van der Waals surface area contributed by atoms with Crippen molar-refractivity contribution in [2.45, 2.75) is 20.4 Å². The summed E-state index contributed by atoms with van der Waals surface area (Å²) < 4.78 is 1.60. The normalized spacial score (nSPS) is 10.3. The molecule has 0 aliphatic carbocycles. The van der Waals surface area contributed by atoms with Crippen LogP contribution in [-0.2, 0) is 13.6 Å². The van der Waals surface area contributed by atoms with Gasteiger partial charge in [-0.2, -0.15) is 5.10 Å². The molecule has 20 heavy (non-hydrogen) atoms. The maximum absolute atomic E-state index is 12.2. The number of anilines is 1. The molecule has 2 aromatic heterocycles. The lowest BCUT2D eigenvalue weighted by Crippen LogP contribution is -2.25. The van der Waals surface area contributed by atoms with Crippen molar-refractivity contribution < 1.29 is 4.79 Å². The first kappa shape index (κ1) is 14.0. The second-order valence-corrected chi connectivity index (χ2v) is 4.42. The van der Waals surface area contributed by atoms with Gasteiger partial charge in [0.1, 0.15) is 6.33 Å². The predicted molar refractivity (Wildman–Crippen MR) is 75.3 cm³/mol. The lowest BCUT2D eigenvalue weighted by molar-refractivity contribution is 0.0950. The number of carbonyl (C=O) groups is 1. The standard InChI is InChI=1S/C13H18N6O/c1-4-14-11-5-9(2)15-6-10(11)13(20)16-7-12-17-8-19(3)18-12/h5-6,8H,4,7H2,1-3H3,(H,14,15)(H,16,20). The summed E-state index contributed by atoms with van der Waals surface area (Å²) in [6.45, 7) is 4.90. The van der Waals surface area contributed by atoms with Crippen LogP contribution in [0.1, 0.15) is 28.8 Å². The monoisotopic (exact) mass is 274 g/mol. The summed E-state index contributed by atoms with van der Waals surface area (Å²) in [6, 6.07) is 1.86. The number of nitrogens with zero attached hydrogens (tertiary/aromatic N) is 4. The SMILES string of the molecule is CCNc1cc(C)ncc1C(=O)NCc1ncn(C)n1. The van der Waals surface area contributed by atoms with Crippen LogP contribution in [0, 0.1) is 6.92 Å². The maximum Gasteiger partial charge on any atom is 0.255 e. The molecule has 0 fully saturated rings. The van der Waals surface area contributed by atoms with E-state index >= 15 is 0 Å². The topological polar surface area (TPSA) is 84.7 Å². The van der Waals surface area contributed by atoms with Gasteiger partial charge in [-0.1, -0.05) is 0 Å². The molecule has 0 aliphatic heterocycles. The molecule has 0 aliphatic rings. The first-order valence-corrected chi connectivity index (χ1v) is 6.43. The largest absolute Gasteiger partial charge is 0.385 e. The second kappa shape index (κ2) is 6.14. The Morgan fingerprint density at radius 3 is 2.85 bits per heavy atom. The van der Waals surface area contributed by atoms with Gasteiger partial charge < -0.3 is 10.6 Å². The minimum absolute atomic E-state index is 0.194. The molecule has 0 atom stereocenters. The molecule has 2 N–H and O–H groups in total. The molecule has 0 radical (unpaired) electrons. The first-order valence-electron chi connectivity index (χ1n) is 6.43. The Morgan fingerprint density at radius 2 is 2.20 bits per heavy atom. The third-order valence-corrected chi connectivity index (χ3v) is 2.71.